The lowest BCUT2D eigenvalue weighted by atomic mass is 10.2. The lowest BCUT2D eigenvalue weighted by molar-refractivity contribution is -0.137. The van der Waals surface area contributed by atoms with Gasteiger partial charge < -0.3 is 14.8 Å². The van der Waals surface area contributed by atoms with Gasteiger partial charge in [0.15, 0.2) is 0 Å². The van der Waals surface area contributed by atoms with Crippen LogP contribution in [0.4, 0.5) is 5.69 Å². The van der Waals surface area contributed by atoms with E-state index in [1.807, 2.05) is 31.2 Å². The molecule has 1 aromatic carbocycles. The second-order valence-corrected chi connectivity index (χ2v) is 3.63. The number of hydrogen-bond acceptors (Lipinski definition) is 4. The second-order valence-electron chi connectivity index (χ2n) is 3.63. The quantitative estimate of drug-likeness (QED) is 0.622. The Bertz CT molecular complexity index is 427. The summed E-state index contributed by atoms with van der Waals surface area (Å²) in [6, 6.07) is 7.58. The summed E-state index contributed by atoms with van der Waals surface area (Å²) in [6.07, 6.45) is 1.42. The zero-order valence-corrected chi connectivity index (χ0v) is 11.0. The topological polar surface area (TPSA) is 47.6 Å². The maximum Gasteiger partial charge on any atom is 0.332 e. The summed E-state index contributed by atoms with van der Waals surface area (Å²) < 4.78 is 10.3. The third kappa shape index (κ3) is 4.49. The molecular weight excluding hydrogens is 230 g/mol. The number of para-hydroxylation sites is 2. The molecule has 4 nitrogen and oxygen atoms in total. The molecule has 1 rings (SSSR count). The fourth-order valence-corrected chi connectivity index (χ4v) is 1.46. The van der Waals surface area contributed by atoms with Crippen LogP contribution < -0.4 is 10.1 Å². The van der Waals surface area contributed by atoms with Gasteiger partial charge in [0.2, 0.25) is 0 Å². The summed E-state index contributed by atoms with van der Waals surface area (Å²) in [7, 11) is 0. The molecular formula is C14H19NO3. The lowest BCUT2D eigenvalue weighted by Crippen LogP contribution is -2.05. The first kappa shape index (κ1) is 14.1. The van der Waals surface area contributed by atoms with E-state index in [9.17, 15) is 4.79 Å². The molecule has 0 radical (unpaired) electrons. The summed E-state index contributed by atoms with van der Waals surface area (Å²) in [6.45, 7) is 6.48. The summed E-state index contributed by atoms with van der Waals surface area (Å²) in [5.41, 5.74) is 1.54. The first-order chi connectivity index (χ1) is 8.67. The van der Waals surface area contributed by atoms with E-state index in [1.54, 1.807) is 13.8 Å². The molecule has 98 valence electrons. The normalized spacial score (nSPS) is 10.9. The second kappa shape index (κ2) is 7.37. The van der Waals surface area contributed by atoms with Crippen molar-refractivity contribution in [3.05, 3.63) is 36.0 Å². The Balaban J connectivity index is 2.74. The Morgan fingerprint density at radius 2 is 2.00 bits per heavy atom. The number of carbonyl (C=O) groups is 1. The zero-order chi connectivity index (χ0) is 13.4. The maximum absolute atomic E-state index is 11.3. The first-order valence-corrected chi connectivity index (χ1v) is 6.01. The Morgan fingerprint density at radius 1 is 1.28 bits per heavy atom. The number of esters is 1. The van der Waals surface area contributed by atoms with Crippen LogP contribution in [0.15, 0.2) is 36.0 Å². The Labute approximate surface area is 108 Å². The van der Waals surface area contributed by atoms with Gasteiger partial charge in [0, 0.05) is 11.8 Å². The standard InChI is InChI=1S/C14H19NO3/c1-4-17-13-9-7-6-8-12(13)15-11(3)10-14(16)18-5-2/h6-10,15H,4-5H2,1-3H3. The van der Waals surface area contributed by atoms with Crippen molar-refractivity contribution in [2.24, 2.45) is 0 Å². The van der Waals surface area contributed by atoms with Crippen LogP contribution in [-0.4, -0.2) is 19.2 Å². The molecule has 1 aromatic rings. The van der Waals surface area contributed by atoms with Crippen molar-refractivity contribution in [3.63, 3.8) is 0 Å². The van der Waals surface area contributed by atoms with E-state index in [2.05, 4.69) is 5.32 Å². The van der Waals surface area contributed by atoms with E-state index in [1.165, 1.54) is 6.08 Å². The predicted octanol–water partition coefficient (Wildman–Crippen LogP) is 2.96. The van der Waals surface area contributed by atoms with Crippen LogP contribution >= 0.6 is 0 Å². The molecule has 4 heteroatoms. The number of hydrogen-bond donors (Lipinski definition) is 1. The van der Waals surface area contributed by atoms with Gasteiger partial charge in [-0.1, -0.05) is 12.1 Å². The number of anilines is 1. The van der Waals surface area contributed by atoms with Gasteiger partial charge in [-0.2, -0.15) is 0 Å². The van der Waals surface area contributed by atoms with Crippen LogP contribution in [0.3, 0.4) is 0 Å². The molecule has 0 aliphatic heterocycles. The van der Waals surface area contributed by atoms with Crippen molar-refractivity contribution in [2.45, 2.75) is 20.8 Å². The minimum atomic E-state index is -0.351. The van der Waals surface area contributed by atoms with Gasteiger partial charge in [0.05, 0.1) is 18.9 Å². The van der Waals surface area contributed by atoms with Crippen molar-refractivity contribution in [1.82, 2.24) is 0 Å². The minimum Gasteiger partial charge on any atom is -0.492 e. The van der Waals surface area contributed by atoms with E-state index in [0.717, 1.165) is 11.4 Å². The van der Waals surface area contributed by atoms with Gasteiger partial charge in [-0.05, 0) is 32.9 Å². The van der Waals surface area contributed by atoms with Crippen LogP contribution in [0.5, 0.6) is 5.75 Å². The van der Waals surface area contributed by atoms with Crippen molar-refractivity contribution in [2.75, 3.05) is 18.5 Å². The summed E-state index contributed by atoms with van der Waals surface area (Å²) >= 11 is 0. The molecule has 0 atom stereocenters. The highest BCUT2D eigenvalue weighted by molar-refractivity contribution is 5.83. The Morgan fingerprint density at radius 3 is 2.67 bits per heavy atom. The average Bonchev–Trinajstić information content (AvgIpc) is 2.32. The third-order valence-corrected chi connectivity index (χ3v) is 2.14. The number of carbonyl (C=O) groups excluding carboxylic acids is 1. The van der Waals surface area contributed by atoms with Crippen LogP contribution in [0.2, 0.25) is 0 Å². The molecule has 0 bridgehead atoms. The molecule has 0 saturated heterocycles. The maximum atomic E-state index is 11.3. The molecule has 0 amide bonds. The van der Waals surface area contributed by atoms with Gasteiger partial charge in [0.1, 0.15) is 5.75 Å². The van der Waals surface area contributed by atoms with Crippen molar-refractivity contribution >= 4 is 11.7 Å². The average molecular weight is 249 g/mol. The van der Waals surface area contributed by atoms with Crippen molar-refractivity contribution in [1.29, 1.82) is 0 Å². The molecule has 0 aromatic heterocycles. The monoisotopic (exact) mass is 249 g/mol. The van der Waals surface area contributed by atoms with Gasteiger partial charge in [-0.25, -0.2) is 4.79 Å². The van der Waals surface area contributed by atoms with Gasteiger partial charge in [-0.15, -0.1) is 0 Å². The largest absolute Gasteiger partial charge is 0.492 e. The highest BCUT2D eigenvalue weighted by Crippen LogP contribution is 2.24. The predicted molar refractivity (Wildman–Crippen MR) is 71.6 cm³/mol. The van der Waals surface area contributed by atoms with E-state index in [0.29, 0.717) is 18.9 Å². The van der Waals surface area contributed by atoms with E-state index in [4.69, 9.17) is 9.47 Å². The van der Waals surface area contributed by atoms with Crippen LogP contribution in [-0.2, 0) is 9.53 Å². The van der Waals surface area contributed by atoms with Gasteiger partial charge >= 0.3 is 5.97 Å². The van der Waals surface area contributed by atoms with Gasteiger partial charge in [-0.3, -0.25) is 0 Å². The van der Waals surface area contributed by atoms with Gasteiger partial charge in [0.25, 0.3) is 0 Å². The molecule has 0 heterocycles. The fraction of sp³-hybridized carbons (Fsp3) is 0.357. The summed E-state index contributed by atoms with van der Waals surface area (Å²) in [5, 5.41) is 3.12. The van der Waals surface area contributed by atoms with Crippen LogP contribution in [0.25, 0.3) is 0 Å². The van der Waals surface area contributed by atoms with Crippen LogP contribution in [0.1, 0.15) is 20.8 Å². The molecule has 0 fully saturated rings. The first-order valence-electron chi connectivity index (χ1n) is 6.01. The lowest BCUT2D eigenvalue weighted by Gasteiger charge is -2.12. The summed E-state index contributed by atoms with van der Waals surface area (Å²) in [5.74, 6) is 0.410. The Kier molecular flexibility index (Phi) is 5.77. The number of allylic oxidation sites excluding steroid dienone is 1. The van der Waals surface area contributed by atoms with E-state index in [-0.39, 0.29) is 5.97 Å². The molecule has 0 aliphatic carbocycles. The number of nitrogens with one attached hydrogen (secondary N) is 1. The number of ether oxygens (including phenoxy) is 2. The number of benzene rings is 1. The molecule has 0 saturated carbocycles. The number of rotatable bonds is 6. The molecule has 0 aliphatic rings. The molecule has 18 heavy (non-hydrogen) atoms. The summed E-state index contributed by atoms with van der Waals surface area (Å²) in [4.78, 5) is 11.3. The fourth-order valence-electron chi connectivity index (χ4n) is 1.46. The molecule has 0 spiro atoms. The zero-order valence-electron chi connectivity index (χ0n) is 11.0. The molecule has 0 unspecified atom stereocenters. The van der Waals surface area contributed by atoms with Crippen molar-refractivity contribution < 1.29 is 14.3 Å². The van der Waals surface area contributed by atoms with Crippen molar-refractivity contribution in [3.8, 4) is 5.75 Å². The SMILES string of the molecule is CCOC(=O)C=C(C)Nc1ccccc1OCC. The Hall–Kier alpha value is -1.97. The van der Waals surface area contributed by atoms with E-state index >= 15 is 0 Å². The molecule has 1 N–H and O–H groups in total. The third-order valence-electron chi connectivity index (χ3n) is 2.14. The highest BCUT2D eigenvalue weighted by atomic mass is 16.5. The highest BCUT2D eigenvalue weighted by Gasteiger charge is 2.03. The minimum absolute atomic E-state index is 0.351. The smallest absolute Gasteiger partial charge is 0.332 e. The van der Waals surface area contributed by atoms with Crippen LogP contribution in [0, 0.1) is 0 Å². The van der Waals surface area contributed by atoms with E-state index < -0.39 is 0 Å².